The van der Waals surface area contributed by atoms with Gasteiger partial charge in [0.05, 0.1) is 7.11 Å². The predicted octanol–water partition coefficient (Wildman–Crippen LogP) is 3.99. The van der Waals surface area contributed by atoms with Gasteiger partial charge in [-0.2, -0.15) is 0 Å². The van der Waals surface area contributed by atoms with Crippen LogP contribution in [-0.4, -0.2) is 47.6 Å². The number of methoxy groups -OCH3 is 1. The van der Waals surface area contributed by atoms with Crippen LogP contribution in [0.25, 0.3) is 0 Å². The Morgan fingerprint density at radius 1 is 0.913 bits per heavy atom. The van der Waals surface area contributed by atoms with E-state index >= 15 is 0 Å². The van der Waals surface area contributed by atoms with Crippen LogP contribution in [0.4, 0.5) is 0 Å². The van der Waals surface area contributed by atoms with E-state index in [9.17, 15) is 4.79 Å². The van der Waals surface area contributed by atoms with Gasteiger partial charge in [0.2, 0.25) is 0 Å². The molecule has 0 aliphatic rings. The molecule has 23 heavy (non-hydrogen) atoms. The van der Waals surface area contributed by atoms with E-state index in [4.69, 9.17) is 12.3 Å². The molecule has 0 saturated carbocycles. The van der Waals surface area contributed by atoms with Crippen molar-refractivity contribution < 1.29 is 21.9 Å². The summed E-state index contributed by atoms with van der Waals surface area (Å²) >= 11 is 0. The SMILES string of the molecule is C=C(C)C(=O)OC.C[SiH](C)O[Si](C)(C)O[Si](C)(C)O[Si](C)(C)C. The molecule has 0 fully saturated rings. The summed E-state index contributed by atoms with van der Waals surface area (Å²) in [7, 11) is -5.21. The Hall–Kier alpha value is -0.0425. The third-order valence-electron chi connectivity index (χ3n) is 2.10. The highest BCUT2D eigenvalue weighted by Gasteiger charge is 2.39. The lowest BCUT2D eigenvalue weighted by atomic mass is 10.4. The van der Waals surface area contributed by atoms with Crippen molar-refractivity contribution in [2.45, 2.75) is 65.8 Å². The zero-order chi connectivity index (χ0) is 19.1. The zero-order valence-electron chi connectivity index (χ0n) is 16.8. The highest BCUT2D eigenvalue weighted by Crippen LogP contribution is 2.21. The zero-order valence-corrected chi connectivity index (χ0v) is 21.0. The van der Waals surface area contributed by atoms with Gasteiger partial charge in [0.1, 0.15) is 0 Å². The van der Waals surface area contributed by atoms with Crippen LogP contribution in [0.1, 0.15) is 6.92 Å². The molecule has 0 bridgehead atoms. The van der Waals surface area contributed by atoms with E-state index < -0.39 is 34.5 Å². The summed E-state index contributed by atoms with van der Waals surface area (Å²) in [4.78, 5) is 10.2. The molecule has 0 radical (unpaired) electrons. The molecule has 0 unspecified atom stereocenters. The number of hydrogen-bond acceptors (Lipinski definition) is 5. The molecule has 0 N–H and O–H groups in total. The molecule has 0 heterocycles. The summed E-state index contributed by atoms with van der Waals surface area (Å²) in [5.74, 6) is -0.347. The van der Waals surface area contributed by atoms with Gasteiger partial charge in [-0.25, -0.2) is 4.79 Å². The number of hydrogen-bond donors (Lipinski definition) is 0. The second kappa shape index (κ2) is 10.1. The summed E-state index contributed by atoms with van der Waals surface area (Å²) < 4.78 is 22.7. The Morgan fingerprint density at radius 2 is 1.35 bits per heavy atom. The van der Waals surface area contributed by atoms with Gasteiger partial charge in [0.25, 0.3) is 0 Å². The van der Waals surface area contributed by atoms with Crippen molar-refractivity contribution in [1.29, 1.82) is 0 Å². The molecule has 0 atom stereocenters. The maximum absolute atomic E-state index is 10.2. The molecular formula is C14H36O5Si4. The van der Waals surface area contributed by atoms with Crippen molar-refractivity contribution in [3.63, 3.8) is 0 Å². The minimum atomic E-state index is -2.02. The van der Waals surface area contributed by atoms with Crippen molar-refractivity contribution >= 4 is 40.4 Å². The van der Waals surface area contributed by atoms with E-state index in [1.165, 1.54) is 7.11 Å². The molecule has 0 aromatic carbocycles. The summed E-state index contributed by atoms with van der Waals surface area (Å²) in [6.07, 6.45) is 0. The Morgan fingerprint density at radius 3 is 1.57 bits per heavy atom. The Balaban J connectivity index is 0. The highest BCUT2D eigenvalue weighted by molar-refractivity contribution is 6.87. The number of ether oxygens (including phenoxy) is 1. The summed E-state index contributed by atoms with van der Waals surface area (Å²) in [5.41, 5.74) is 0.433. The fraction of sp³-hybridized carbons (Fsp3) is 0.786. The topological polar surface area (TPSA) is 54.0 Å². The van der Waals surface area contributed by atoms with Gasteiger partial charge in [-0.1, -0.05) is 6.58 Å². The molecule has 0 saturated heterocycles. The maximum Gasteiger partial charge on any atom is 0.332 e. The molecule has 0 spiro atoms. The van der Waals surface area contributed by atoms with Crippen LogP contribution in [0.3, 0.4) is 0 Å². The van der Waals surface area contributed by atoms with E-state index in [1.807, 2.05) is 0 Å². The van der Waals surface area contributed by atoms with Crippen molar-refractivity contribution in [3.8, 4) is 0 Å². The first kappa shape index (κ1) is 25.2. The molecule has 138 valence electrons. The molecule has 0 aromatic heterocycles. The monoisotopic (exact) mass is 396 g/mol. The van der Waals surface area contributed by atoms with Gasteiger partial charge in [0, 0.05) is 5.57 Å². The van der Waals surface area contributed by atoms with Gasteiger partial charge in [-0.3, -0.25) is 0 Å². The number of rotatable bonds is 7. The van der Waals surface area contributed by atoms with E-state index in [0.717, 1.165) is 0 Å². The fourth-order valence-corrected chi connectivity index (χ4v) is 18.5. The lowest BCUT2D eigenvalue weighted by Crippen LogP contribution is -2.53. The smallest absolute Gasteiger partial charge is 0.332 e. The van der Waals surface area contributed by atoms with Crippen LogP contribution in [0, 0.1) is 0 Å². The van der Waals surface area contributed by atoms with Crippen LogP contribution in [0.2, 0.25) is 58.9 Å². The first-order valence-electron chi connectivity index (χ1n) is 7.83. The average Bonchev–Trinajstić information content (AvgIpc) is 2.20. The lowest BCUT2D eigenvalue weighted by Gasteiger charge is -2.37. The molecular weight excluding hydrogens is 360 g/mol. The fourth-order valence-electron chi connectivity index (χ4n) is 2.12. The summed E-state index contributed by atoms with van der Waals surface area (Å²) in [6.45, 7) is 24.5. The standard InChI is InChI=1S/C9H28O3Si4.C5H8O2/c1-13(2)10-15(6,7)12-16(8,9)11-14(3,4)5;1-4(2)5(6)7-3/h13H,1-9H3;1H2,2-3H3. The minimum absolute atomic E-state index is 0.347. The van der Waals surface area contributed by atoms with Gasteiger partial charge >= 0.3 is 23.1 Å². The van der Waals surface area contributed by atoms with Gasteiger partial charge in [-0.15, -0.1) is 0 Å². The van der Waals surface area contributed by atoms with E-state index in [1.54, 1.807) is 6.92 Å². The van der Waals surface area contributed by atoms with E-state index in [0.29, 0.717) is 5.57 Å². The predicted molar refractivity (Wildman–Crippen MR) is 107 cm³/mol. The highest BCUT2D eigenvalue weighted by atomic mass is 28.5. The van der Waals surface area contributed by atoms with Crippen molar-refractivity contribution in [3.05, 3.63) is 12.2 Å². The molecule has 0 aromatic rings. The third-order valence-corrected chi connectivity index (χ3v) is 14.6. The second-order valence-electron chi connectivity index (χ2n) is 7.55. The van der Waals surface area contributed by atoms with Gasteiger partial charge < -0.3 is 17.1 Å². The van der Waals surface area contributed by atoms with Gasteiger partial charge in [0.15, 0.2) is 17.4 Å². The molecule has 0 amide bonds. The number of carbonyl (C=O) groups excluding carboxylic acids is 1. The average molecular weight is 397 g/mol. The van der Waals surface area contributed by atoms with Crippen LogP contribution >= 0.6 is 0 Å². The summed E-state index contributed by atoms with van der Waals surface area (Å²) in [6, 6.07) is 0. The van der Waals surface area contributed by atoms with Crippen molar-refractivity contribution in [2.75, 3.05) is 7.11 Å². The normalized spacial score (nSPS) is 12.5. The first-order valence-corrected chi connectivity index (χ1v) is 19.7. The second-order valence-corrected chi connectivity index (χ2v) is 22.1. The summed E-state index contributed by atoms with van der Waals surface area (Å²) in [5, 5.41) is 0. The van der Waals surface area contributed by atoms with Crippen LogP contribution in [0.15, 0.2) is 12.2 Å². The first-order chi connectivity index (χ1) is 10.0. The molecule has 5 nitrogen and oxygen atoms in total. The Bertz CT molecular complexity index is 389. The van der Waals surface area contributed by atoms with E-state index in [2.05, 4.69) is 70.2 Å². The van der Waals surface area contributed by atoms with E-state index in [-0.39, 0.29) is 5.97 Å². The number of carbonyl (C=O) groups is 1. The van der Waals surface area contributed by atoms with Crippen molar-refractivity contribution in [2.24, 2.45) is 0 Å². The number of esters is 1. The minimum Gasteiger partial charge on any atom is -0.466 e. The Labute approximate surface area is 147 Å². The van der Waals surface area contributed by atoms with Crippen LogP contribution < -0.4 is 0 Å². The van der Waals surface area contributed by atoms with Crippen LogP contribution in [0.5, 0.6) is 0 Å². The van der Waals surface area contributed by atoms with Crippen LogP contribution in [-0.2, 0) is 21.9 Å². The third kappa shape index (κ3) is 16.6. The quantitative estimate of drug-likeness (QED) is 0.370. The maximum atomic E-state index is 10.2. The molecule has 0 rings (SSSR count). The largest absolute Gasteiger partial charge is 0.466 e. The molecule has 9 heteroatoms. The molecule has 0 aliphatic carbocycles. The van der Waals surface area contributed by atoms with Crippen molar-refractivity contribution in [1.82, 2.24) is 0 Å². The molecule has 0 aliphatic heterocycles. The Kier molecular flexibility index (Phi) is 11.0. The lowest BCUT2D eigenvalue weighted by molar-refractivity contribution is -0.136. The van der Waals surface area contributed by atoms with Gasteiger partial charge in [-0.05, 0) is 65.8 Å².